The molecule has 1 aliphatic rings. The van der Waals surface area contributed by atoms with E-state index in [1.54, 1.807) is 19.8 Å². The van der Waals surface area contributed by atoms with E-state index in [0.29, 0.717) is 0 Å². The van der Waals surface area contributed by atoms with Crippen LogP contribution < -0.4 is 0 Å². The van der Waals surface area contributed by atoms with Crippen LogP contribution in [-0.2, 0) is 23.9 Å². The zero-order chi connectivity index (χ0) is 14.1. The minimum absolute atomic E-state index is 0.129. The van der Waals surface area contributed by atoms with Gasteiger partial charge in [-0.15, -0.1) is 5.06 Å². The van der Waals surface area contributed by atoms with Crippen LogP contribution in [0.3, 0.4) is 0 Å². The molecule has 0 amide bonds. The fourth-order valence-electron chi connectivity index (χ4n) is 1.64. The van der Waals surface area contributed by atoms with Gasteiger partial charge in [-0.3, -0.25) is 4.84 Å². The second kappa shape index (κ2) is 4.72. The van der Waals surface area contributed by atoms with Crippen molar-refractivity contribution in [3.63, 3.8) is 0 Å². The third-order valence-corrected chi connectivity index (χ3v) is 2.27. The summed E-state index contributed by atoms with van der Waals surface area (Å²) in [6, 6.07) is -1.03. The van der Waals surface area contributed by atoms with Crippen molar-refractivity contribution in [2.45, 2.75) is 52.0 Å². The number of rotatable bonds is 2. The summed E-state index contributed by atoms with van der Waals surface area (Å²) in [4.78, 5) is 28.3. The smallest absolute Gasteiger partial charge is 0.334 e. The lowest BCUT2D eigenvalue weighted by Gasteiger charge is -2.35. The van der Waals surface area contributed by atoms with Gasteiger partial charge in [0.2, 0.25) is 11.8 Å². The molecule has 0 spiro atoms. The lowest BCUT2D eigenvalue weighted by molar-refractivity contribution is -0.301. The molecule has 18 heavy (non-hydrogen) atoms. The molecule has 1 heterocycles. The number of carbonyl (C=O) groups excluding carboxylic acids is 2. The predicted octanol–water partition coefficient (Wildman–Crippen LogP) is 1.04. The molecule has 1 rings (SSSR count). The van der Waals surface area contributed by atoms with E-state index in [9.17, 15) is 9.59 Å². The number of hydroxylamine groups is 2. The first-order chi connectivity index (χ1) is 8.12. The van der Waals surface area contributed by atoms with E-state index in [0.717, 1.165) is 0 Å². The van der Waals surface area contributed by atoms with Gasteiger partial charge in [-0.05, 0) is 34.6 Å². The van der Waals surface area contributed by atoms with Gasteiger partial charge in [0, 0.05) is 0 Å². The molecule has 0 unspecified atom stereocenters. The fourth-order valence-corrected chi connectivity index (χ4v) is 1.64. The molecule has 1 fully saturated rings. The minimum atomic E-state index is -1.03. The van der Waals surface area contributed by atoms with E-state index in [-0.39, 0.29) is 5.76 Å². The first-order valence-corrected chi connectivity index (χ1v) is 5.62. The van der Waals surface area contributed by atoms with E-state index >= 15 is 0 Å². The van der Waals surface area contributed by atoms with Crippen LogP contribution in [0.4, 0.5) is 0 Å². The Morgan fingerprint density at radius 3 is 2.39 bits per heavy atom. The van der Waals surface area contributed by atoms with Gasteiger partial charge in [0.1, 0.15) is 0 Å². The first-order valence-electron chi connectivity index (χ1n) is 5.62. The number of ether oxygens (including phenoxy) is 2. The van der Waals surface area contributed by atoms with Crippen LogP contribution in [0.15, 0.2) is 5.76 Å². The van der Waals surface area contributed by atoms with Gasteiger partial charge in [-0.25, -0.2) is 9.59 Å². The van der Waals surface area contributed by atoms with Crippen molar-refractivity contribution in [1.82, 2.24) is 5.06 Å². The summed E-state index contributed by atoms with van der Waals surface area (Å²) in [5, 5.41) is 1.33. The molecular weight excluding hydrogens is 238 g/mol. The molecule has 0 aromatic carbocycles. The maximum Gasteiger partial charge on any atom is 0.334 e. The van der Waals surface area contributed by atoms with Crippen molar-refractivity contribution < 1.29 is 23.9 Å². The second-order valence-corrected chi connectivity index (χ2v) is 5.47. The standard InChI is InChI=1S/C12H19NO5/c1-11(2,3)18-13-9(10(15)16-6)8(7-14)17-12(13,4)5/h9H,1-6H3/t9-/m0/s1. The van der Waals surface area contributed by atoms with Gasteiger partial charge in [0.25, 0.3) is 0 Å². The Morgan fingerprint density at radius 2 is 2.00 bits per heavy atom. The van der Waals surface area contributed by atoms with Crippen LogP contribution in [0, 0.1) is 0 Å². The van der Waals surface area contributed by atoms with Gasteiger partial charge in [0.05, 0.1) is 12.7 Å². The van der Waals surface area contributed by atoms with E-state index in [1.807, 2.05) is 20.8 Å². The molecule has 6 heteroatoms. The number of nitrogens with zero attached hydrogens (tertiary/aromatic N) is 1. The van der Waals surface area contributed by atoms with Crippen LogP contribution in [0.2, 0.25) is 0 Å². The van der Waals surface area contributed by atoms with Crippen molar-refractivity contribution in [3.8, 4) is 0 Å². The van der Waals surface area contributed by atoms with Crippen LogP contribution >= 0.6 is 0 Å². The maximum atomic E-state index is 11.7. The molecule has 0 bridgehead atoms. The van der Waals surface area contributed by atoms with Gasteiger partial charge in [-0.2, -0.15) is 0 Å². The monoisotopic (exact) mass is 257 g/mol. The van der Waals surface area contributed by atoms with E-state index in [1.165, 1.54) is 12.2 Å². The van der Waals surface area contributed by atoms with Crippen LogP contribution in [0.25, 0.3) is 0 Å². The molecule has 1 aliphatic heterocycles. The summed E-state index contributed by atoms with van der Waals surface area (Å²) in [7, 11) is 1.24. The Morgan fingerprint density at radius 1 is 1.44 bits per heavy atom. The third-order valence-electron chi connectivity index (χ3n) is 2.27. The van der Waals surface area contributed by atoms with Gasteiger partial charge < -0.3 is 9.47 Å². The molecule has 0 N–H and O–H groups in total. The van der Waals surface area contributed by atoms with Crippen molar-refractivity contribution in [1.29, 1.82) is 0 Å². The van der Waals surface area contributed by atoms with Crippen molar-refractivity contribution in [2.75, 3.05) is 7.11 Å². The van der Waals surface area contributed by atoms with E-state index in [2.05, 4.69) is 4.74 Å². The molecule has 0 radical (unpaired) electrons. The highest BCUT2D eigenvalue weighted by atomic mass is 16.8. The number of methoxy groups -OCH3 is 1. The number of hydrogen-bond acceptors (Lipinski definition) is 6. The zero-order valence-corrected chi connectivity index (χ0v) is 11.6. The average Bonchev–Trinajstić information content (AvgIpc) is 2.47. The minimum Gasteiger partial charge on any atom is -0.467 e. The molecular formula is C12H19NO5. The Balaban J connectivity index is 3.14. The van der Waals surface area contributed by atoms with Gasteiger partial charge in [-0.1, -0.05) is 0 Å². The lowest BCUT2D eigenvalue weighted by atomic mass is 10.2. The van der Waals surface area contributed by atoms with E-state index < -0.39 is 23.3 Å². The Labute approximate surface area is 106 Å². The molecule has 0 aromatic rings. The summed E-state index contributed by atoms with van der Waals surface area (Å²) in [6.45, 7) is 8.89. The molecule has 1 atom stereocenters. The van der Waals surface area contributed by atoms with Gasteiger partial charge >= 0.3 is 5.97 Å². The summed E-state index contributed by atoms with van der Waals surface area (Å²) >= 11 is 0. The summed E-state index contributed by atoms with van der Waals surface area (Å²) in [5.74, 6) is 0.872. The fraction of sp³-hybridized carbons (Fsp3) is 0.750. The Hall–Kier alpha value is -1.36. The van der Waals surface area contributed by atoms with Gasteiger partial charge in [0.15, 0.2) is 11.7 Å². The van der Waals surface area contributed by atoms with E-state index in [4.69, 9.17) is 9.57 Å². The highest BCUT2D eigenvalue weighted by Gasteiger charge is 2.52. The summed E-state index contributed by atoms with van der Waals surface area (Å²) in [6.07, 6.45) is 0. The summed E-state index contributed by atoms with van der Waals surface area (Å²) < 4.78 is 10.0. The molecule has 0 saturated carbocycles. The van der Waals surface area contributed by atoms with Crippen molar-refractivity contribution in [3.05, 3.63) is 5.76 Å². The topological polar surface area (TPSA) is 65.1 Å². The van der Waals surface area contributed by atoms with Crippen molar-refractivity contribution >= 4 is 11.9 Å². The average molecular weight is 257 g/mol. The lowest BCUT2D eigenvalue weighted by Crippen LogP contribution is -2.50. The largest absolute Gasteiger partial charge is 0.467 e. The highest BCUT2D eigenvalue weighted by Crippen LogP contribution is 2.36. The molecule has 0 aliphatic carbocycles. The quantitative estimate of drug-likeness (QED) is 0.544. The second-order valence-electron chi connectivity index (χ2n) is 5.47. The normalized spacial score (nSPS) is 23.4. The summed E-state index contributed by atoms with van der Waals surface area (Å²) in [5.41, 5.74) is -1.48. The highest BCUT2D eigenvalue weighted by molar-refractivity contribution is 5.82. The van der Waals surface area contributed by atoms with Crippen molar-refractivity contribution in [2.24, 2.45) is 0 Å². The predicted molar refractivity (Wildman–Crippen MR) is 62.9 cm³/mol. The molecule has 6 nitrogen and oxygen atoms in total. The number of hydrogen-bond donors (Lipinski definition) is 0. The number of esters is 1. The molecule has 102 valence electrons. The maximum absolute atomic E-state index is 11.7. The molecule has 1 saturated heterocycles. The zero-order valence-electron chi connectivity index (χ0n) is 11.6. The molecule has 0 aromatic heterocycles. The Kier molecular flexibility index (Phi) is 3.86. The Bertz CT molecular complexity index is 390. The van der Waals surface area contributed by atoms with Crippen LogP contribution in [0.1, 0.15) is 34.6 Å². The van der Waals surface area contributed by atoms with Crippen LogP contribution in [-0.4, -0.2) is 41.5 Å². The van der Waals surface area contributed by atoms with Crippen LogP contribution in [0.5, 0.6) is 0 Å². The SMILES string of the molecule is COC(=O)[C@@H]1C(=C=O)OC(C)(C)N1OC(C)(C)C. The number of carbonyl (C=O) groups is 1. The third kappa shape index (κ3) is 2.90. The first kappa shape index (κ1) is 14.7.